The first-order valence-electron chi connectivity index (χ1n) is 4.45. The highest BCUT2D eigenvalue weighted by molar-refractivity contribution is 7.11. The predicted octanol–water partition coefficient (Wildman–Crippen LogP) is 1.52. The molecule has 5 nitrogen and oxygen atoms in total. The Morgan fingerprint density at radius 3 is 2.60 bits per heavy atom. The van der Waals surface area contributed by atoms with E-state index in [9.17, 15) is 9.59 Å². The van der Waals surface area contributed by atoms with Gasteiger partial charge >= 0.3 is 5.97 Å². The molecule has 1 aromatic rings. The minimum Gasteiger partial charge on any atom is -0.478 e. The van der Waals surface area contributed by atoms with Crippen LogP contribution in [0.25, 0.3) is 0 Å². The van der Waals surface area contributed by atoms with Gasteiger partial charge in [-0.2, -0.15) is 4.37 Å². The number of carbonyl (C=O) groups excluding carboxylic acids is 1. The summed E-state index contributed by atoms with van der Waals surface area (Å²) in [6, 6.07) is 0. The molecule has 0 fully saturated rings. The standard InChI is InChI=1S/C9H12N2O3S/c1-4-6(12)11(3)8-7(9(13)14)5(2)10-15-8/h4H2,1-3H3,(H,13,14). The number of carbonyl (C=O) groups is 2. The van der Waals surface area contributed by atoms with Crippen LogP contribution in [0.15, 0.2) is 0 Å². The molecule has 1 N–H and O–H groups in total. The molecule has 15 heavy (non-hydrogen) atoms. The molecule has 0 atom stereocenters. The Bertz CT molecular complexity index is 400. The van der Waals surface area contributed by atoms with Crippen LogP contribution in [-0.4, -0.2) is 28.4 Å². The van der Waals surface area contributed by atoms with Crippen LogP contribution in [-0.2, 0) is 4.79 Å². The van der Waals surface area contributed by atoms with E-state index in [1.807, 2.05) is 0 Å². The topological polar surface area (TPSA) is 70.5 Å². The number of hydrogen-bond acceptors (Lipinski definition) is 4. The van der Waals surface area contributed by atoms with Gasteiger partial charge in [0, 0.05) is 13.5 Å². The third kappa shape index (κ3) is 2.15. The molecule has 0 spiro atoms. The first-order chi connectivity index (χ1) is 6.99. The Balaban J connectivity index is 3.14. The predicted molar refractivity (Wildman–Crippen MR) is 57.5 cm³/mol. The number of carboxylic acid groups (broad SMARTS) is 1. The van der Waals surface area contributed by atoms with Gasteiger partial charge in [0.15, 0.2) is 0 Å². The van der Waals surface area contributed by atoms with E-state index in [2.05, 4.69) is 4.37 Å². The van der Waals surface area contributed by atoms with Crippen molar-refractivity contribution >= 4 is 28.4 Å². The van der Waals surface area contributed by atoms with Crippen molar-refractivity contribution in [1.29, 1.82) is 0 Å². The number of hydrogen-bond donors (Lipinski definition) is 1. The molecule has 0 aromatic carbocycles. The Labute approximate surface area is 91.5 Å². The van der Waals surface area contributed by atoms with Crippen LogP contribution in [0.1, 0.15) is 29.4 Å². The minimum atomic E-state index is -1.05. The second kappa shape index (κ2) is 4.39. The molecule has 0 bridgehead atoms. The number of aryl methyl sites for hydroxylation is 1. The van der Waals surface area contributed by atoms with E-state index in [1.54, 1.807) is 20.9 Å². The van der Waals surface area contributed by atoms with E-state index in [-0.39, 0.29) is 11.5 Å². The van der Waals surface area contributed by atoms with E-state index in [4.69, 9.17) is 5.11 Å². The molecule has 0 radical (unpaired) electrons. The average Bonchev–Trinajstić information content (AvgIpc) is 2.57. The van der Waals surface area contributed by atoms with Crippen LogP contribution in [0.3, 0.4) is 0 Å². The SMILES string of the molecule is CCC(=O)N(C)c1snc(C)c1C(=O)O. The molecule has 0 saturated carbocycles. The van der Waals surface area contributed by atoms with Crippen molar-refractivity contribution in [1.82, 2.24) is 4.37 Å². The van der Waals surface area contributed by atoms with Gasteiger partial charge in [0.05, 0.1) is 5.69 Å². The molecule has 0 saturated heterocycles. The fourth-order valence-corrected chi connectivity index (χ4v) is 2.05. The summed E-state index contributed by atoms with van der Waals surface area (Å²) in [5, 5.41) is 9.36. The lowest BCUT2D eigenvalue weighted by Gasteiger charge is -2.14. The maximum Gasteiger partial charge on any atom is 0.340 e. The number of aromatic carboxylic acids is 1. The second-order valence-electron chi connectivity index (χ2n) is 3.06. The summed E-state index contributed by atoms with van der Waals surface area (Å²) in [5.41, 5.74) is 0.558. The van der Waals surface area contributed by atoms with E-state index in [1.165, 1.54) is 4.90 Å². The maximum absolute atomic E-state index is 11.4. The summed E-state index contributed by atoms with van der Waals surface area (Å²) < 4.78 is 3.94. The monoisotopic (exact) mass is 228 g/mol. The number of amides is 1. The van der Waals surface area contributed by atoms with Gasteiger partial charge in [0.25, 0.3) is 0 Å². The second-order valence-corrected chi connectivity index (χ2v) is 3.81. The van der Waals surface area contributed by atoms with E-state index < -0.39 is 5.97 Å². The summed E-state index contributed by atoms with van der Waals surface area (Å²) in [5.74, 6) is -1.17. The number of rotatable bonds is 3. The molecular weight excluding hydrogens is 216 g/mol. The van der Waals surface area contributed by atoms with Crippen molar-refractivity contribution < 1.29 is 14.7 Å². The van der Waals surface area contributed by atoms with Gasteiger partial charge in [-0.25, -0.2) is 4.79 Å². The first-order valence-corrected chi connectivity index (χ1v) is 5.22. The summed E-state index contributed by atoms with van der Waals surface area (Å²) in [7, 11) is 1.56. The van der Waals surface area contributed by atoms with Crippen LogP contribution < -0.4 is 4.90 Å². The summed E-state index contributed by atoms with van der Waals surface area (Å²) in [6.07, 6.45) is 0.340. The molecule has 1 aromatic heterocycles. The van der Waals surface area contributed by atoms with Gasteiger partial charge in [0.2, 0.25) is 5.91 Å². The maximum atomic E-state index is 11.4. The number of anilines is 1. The largest absolute Gasteiger partial charge is 0.478 e. The lowest BCUT2D eigenvalue weighted by Crippen LogP contribution is -2.25. The smallest absolute Gasteiger partial charge is 0.340 e. The van der Waals surface area contributed by atoms with Gasteiger partial charge < -0.3 is 10.0 Å². The fourth-order valence-electron chi connectivity index (χ4n) is 1.18. The molecule has 0 aliphatic carbocycles. The molecule has 0 aliphatic rings. The van der Waals surface area contributed by atoms with Crippen molar-refractivity contribution in [3.63, 3.8) is 0 Å². The highest BCUT2D eigenvalue weighted by atomic mass is 32.1. The molecule has 1 heterocycles. The molecule has 1 amide bonds. The fraction of sp³-hybridized carbons (Fsp3) is 0.444. The summed E-state index contributed by atoms with van der Waals surface area (Å²) in [4.78, 5) is 23.7. The third-order valence-corrected chi connectivity index (χ3v) is 3.06. The zero-order valence-corrected chi connectivity index (χ0v) is 9.59. The Hall–Kier alpha value is -1.43. The molecule has 6 heteroatoms. The lowest BCUT2D eigenvalue weighted by molar-refractivity contribution is -0.117. The molecule has 0 unspecified atom stereocenters. The summed E-state index contributed by atoms with van der Waals surface area (Å²) in [6.45, 7) is 3.35. The van der Waals surface area contributed by atoms with Crippen molar-refractivity contribution in [3.05, 3.63) is 11.3 Å². The Kier molecular flexibility index (Phi) is 3.41. The highest BCUT2D eigenvalue weighted by Gasteiger charge is 2.22. The van der Waals surface area contributed by atoms with Crippen molar-refractivity contribution in [2.24, 2.45) is 0 Å². The van der Waals surface area contributed by atoms with Crippen molar-refractivity contribution in [2.75, 3.05) is 11.9 Å². The molecule has 0 aliphatic heterocycles. The highest BCUT2D eigenvalue weighted by Crippen LogP contribution is 2.27. The van der Waals surface area contributed by atoms with Crippen molar-refractivity contribution in [3.8, 4) is 0 Å². The van der Waals surface area contributed by atoms with E-state index >= 15 is 0 Å². The zero-order valence-electron chi connectivity index (χ0n) is 8.77. The molecule has 82 valence electrons. The normalized spacial score (nSPS) is 10.1. The van der Waals surface area contributed by atoms with E-state index in [0.29, 0.717) is 17.1 Å². The van der Waals surface area contributed by atoms with Crippen molar-refractivity contribution in [2.45, 2.75) is 20.3 Å². The van der Waals surface area contributed by atoms with Gasteiger partial charge in [-0.3, -0.25) is 4.79 Å². The molecule has 1 rings (SSSR count). The third-order valence-electron chi connectivity index (χ3n) is 2.04. The van der Waals surface area contributed by atoms with Crippen LogP contribution in [0.2, 0.25) is 0 Å². The zero-order chi connectivity index (χ0) is 11.6. The van der Waals surface area contributed by atoms with Crippen LogP contribution in [0.4, 0.5) is 5.00 Å². The first kappa shape index (κ1) is 11.6. The van der Waals surface area contributed by atoms with Crippen LogP contribution in [0, 0.1) is 6.92 Å². The lowest BCUT2D eigenvalue weighted by atomic mass is 10.2. The van der Waals surface area contributed by atoms with Gasteiger partial charge in [-0.1, -0.05) is 6.92 Å². The van der Waals surface area contributed by atoms with Gasteiger partial charge in [-0.15, -0.1) is 0 Å². The Morgan fingerprint density at radius 1 is 1.53 bits per heavy atom. The van der Waals surface area contributed by atoms with Gasteiger partial charge in [-0.05, 0) is 18.5 Å². The van der Waals surface area contributed by atoms with Crippen LogP contribution >= 0.6 is 11.5 Å². The number of carboxylic acids is 1. The minimum absolute atomic E-state index is 0.115. The quantitative estimate of drug-likeness (QED) is 0.851. The number of aromatic nitrogens is 1. The average molecular weight is 228 g/mol. The van der Waals surface area contributed by atoms with Gasteiger partial charge in [0.1, 0.15) is 10.6 Å². The number of nitrogens with zero attached hydrogens (tertiary/aromatic N) is 2. The summed E-state index contributed by atoms with van der Waals surface area (Å²) >= 11 is 1.03. The molecular formula is C9H12N2O3S. The Morgan fingerprint density at radius 2 is 2.13 bits per heavy atom. The van der Waals surface area contributed by atoms with E-state index in [0.717, 1.165) is 11.5 Å². The van der Waals surface area contributed by atoms with Crippen LogP contribution in [0.5, 0.6) is 0 Å².